The van der Waals surface area contributed by atoms with E-state index in [9.17, 15) is 24.3 Å². The summed E-state index contributed by atoms with van der Waals surface area (Å²) in [4.78, 5) is 56.7. The molecule has 15 nitrogen and oxygen atoms in total. The number of carboxylic acids is 1. The number of carbonyl (C=O) groups is 4. The van der Waals surface area contributed by atoms with Gasteiger partial charge in [-0.3, -0.25) is 14.4 Å². The number of amides is 3. The molecule has 5 rings (SSSR count). The van der Waals surface area contributed by atoms with Crippen molar-refractivity contribution >= 4 is 41.4 Å². The highest BCUT2D eigenvalue weighted by Gasteiger charge is 2.60. The zero-order chi connectivity index (χ0) is 28.9. The lowest BCUT2D eigenvalue weighted by molar-refractivity contribution is -0.158. The van der Waals surface area contributed by atoms with Crippen LogP contribution in [0.5, 0.6) is 0 Å². The molecule has 0 saturated carbocycles. The van der Waals surface area contributed by atoms with E-state index in [1.165, 1.54) is 21.3 Å². The van der Waals surface area contributed by atoms with Crippen molar-refractivity contribution in [2.45, 2.75) is 62.7 Å². The zero-order valence-electron chi connectivity index (χ0n) is 23.0. The molecule has 3 fully saturated rings. The first-order valence-electron chi connectivity index (χ1n) is 13.5. The van der Waals surface area contributed by atoms with Crippen LogP contribution in [0.15, 0.2) is 10.6 Å². The highest BCUT2D eigenvalue weighted by atomic mass is 32.2. The summed E-state index contributed by atoms with van der Waals surface area (Å²) in [6.07, 6.45) is 1.36. The lowest BCUT2D eigenvalue weighted by Crippen LogP contribution is -2.66. The molecule has 3 amide bonds. The lowest BCUT2D eigenvalue weighted by atomic mass is 9.78. The Morgan fingerprint density at radius 1 is 1.32 bits per heavy atom. The third-order valence-electron chi connectivity index (χ3n) is 8.14. The van der Waals surface area contributed by atoms with Crippen LogP contribution in [0.2, 0.25) is 0 Å². The van der Waals surface area contributed by atoms with E-state index in [1.807, 2.05) is 6.92 Å². The van der Waals surface area contributed by atoms with Crippen LogP contribution in [0.1, 0.15) is 26.7 Å². The molecule has 5 N–H and O–H groups in total. The largest absolute Gasteiger partial charge is 0.477 e. The number of aromatic nitrogens is 4. The van der Waals surface area contributed by atoms with Gasteiger partial charge in [0.1, 0.15) is 12.2 Å². The molecular formula is C24H36N10O5S. The minimum Gasteiger partial charge on any atom is -0.477 e. The van der Waals surface area contributed by atoms with Crippen LogP contribution in [0.3, 0.4) is 0 Å². The van der Waals surface area contributed by atoms with Crippen LogP contribution >= 0.6 is 11.8 Å². The van der Waals surface area contributed by atoms with Crippen molar-refractivity contribution < 1.29 is 24.3 Å². The molecule has 0 spiro atoms. The standard InChI is InChI=1S/C24H36N10O5S/c1-11-18-17(12(2)27-16(35)10-33-24(31(3)4)28-29-30-33)22(37)34(18)19(23(38)39)20(11)40-14-7-15(26-8-14)21(36)32-6-5-13(25)9-32/h11-15,17-18,26H,5-10,25H2,1-4H3,(H,27,35)(H,38,39)/t11-,12-,13-,14+,15+,17-,18-/m1/s1. The minimum atomic E-state index is -1.15. The SMILES string of the molecule is C[C@@H](NC(=O)Cn1nnnc1N(C)C)[C@H]1C(=O)N2C(C(=O)O)=C(S[C@@H]3CN[C@H](C(=O)N4CC[C@@H](N)C4)C3)[C@H](C)[C@H]12. The Bertz CT molecular complexity index is 1240. The normalized spacial score (nSPS) is 30.4. The number of rotatable bonds is 9. The second-order valence-corrected chi connectivity index (χ2v) is 12.5. The maximum atomic E-state index is 13.2. The molecule has 0 aliphatic carbocycles. The predicted molar refractivity (Wildman–Crippen MR) is 145 cm³/mol. The number of hydrogen-bond donors (Lipinski definition) is 4. The van der Waals surface area contributed by atoms with E-state index in [0.29, 0.717) is 36.9 Å². The van der Waals surface area contributed by atoms with Gasteiger partial charge in [0.15, 0.2) is 0 Å². The monoisotopic (exact) mass is 576 g/mol. The van der Waals surface area contributed by atoms with Gasteiger partial charge in [-0.1, -0.05) is 12.0 Å². The number of carboxylic acid groups (broad SMARTS) is 1. The molecule has 0 radical (unpaired) electrons. The molecule has 218 valence electrons. The number of nitrogens with zero attached hydrogens (tertiary/aromatic N) is 7. The number of anilines is 1. The molecule has 5 heterocycles. The van der Waals surface area contributed by atoms with Gasteiger partial charge in [0.25, 0.3) is 0 Å². The number of β-lactam (4-membered cyclic amide) rings is 1. The summed E-state index contributed by atoms with van der Waals surface area (Å²) in [6, 6.07) is -1.22. The summed E-state index contributed by atoms with van der Waals surface area (Å²) in [5.74, 6) is -2.17. The summed E-state index contributed by atoms with van der Waals surface area (Å²) in [5.41, 5.74) is 5.97. The minimum absolute atomic E-state index is 0.00637. The van der Waals surface area contributed by atoms with Crippen molar-refractivity contribution in [1.82, 2.24) is 40.6 Å². The Kier molecular flexibility index (Phi) is 7.76. The topological polar surface area (TPSA) is 192 Å². The molecule has 7 atom stereocenters. The first kappa shape index (κ1) is 28.3. The second kappa shape index (κ2) is 11.0. The van der Waals surface area contributed by atoms with Crippen molar-refractivity contribution in [3.8, 4) is 0 Å². The second-order valence-electron chi connectivity index (χ2n) is 11.2. The van der Waals surface area contributed by atoms with Gasteiger partial charge < -0.3 is 36.2 Å². The number of aliphatic carboxylic acids is 1. The van der Waals surface area contributed by atoms with Crippen LogP contribution in [0.25, 0.3) is 0 Å². The van der Waals surface area contributed by atoms with Crippen molar-refractivity contribution in [3.63, 3.8) is 0 Å². The Balaban J connectivity index is 1.23. The van der Waals surface area contributed by atoms with E-state index >= 15 is 0 Å². The van der Waals surface area contributed by atoms with Gasteiger partial charge in [0, 0.05) is 61.9 Å². The summed E-state index contributed by atoms with van der Waals surface area (Å²) >= 11 is 1.44. The van der Waals surface area contributed by atoms with Crippen LogP contribution in [-0.2, 0) is 25.7 Å². The van der Waals surface area contributed by atoms with Crippen LogP contribution in [-0.4, -0.2) is 122 Å². The molecule has 0 aromatic carbocycles. The highest BCUT2D eigenvalue weighted by molar-refractivity contribution is 8.03. The molecule has 1 aromatic rings. The number of tetrazole rings is 1. The van der Waals surface area contributed by atoms with E-state index in [0.717, 1.165) is 6.42 Å². The average molecular weight is 577 g/mol. The number of likely N-dealkylation sites (tertiary alicyclic amines) is 1. The Morgan fingerprint density at radius 2 is 2.08 bits per heavy atom. The molecular weight excluding hydrogens is 540 g/mol. The molecule has 0 bridgehead atoms. The van der Waals surface area contributed by atoms with Crippen LogP contribution in [0, 0.1) is 11.8 Å². The maximum absolute atomic E-state index is 13.2. The van der Waals surface area contributed by atoms with E-state index in [4.69, 9.17) is 5.73 Å². The fourth-order valence-electron chi connectivity index (χ4n) is 6.21. The molecule has 4 aliphatic rings. The number of hydrogen-bond acceptors (Lipinski definition) is 11. The molecule has 3 saturated heterocycles. The van der Waals surface area contributed by atoms with E-state index in [1.54, 1.807) is 30.8 Å². The highest BCUT2D eigenvalue weighted by Crippen LogP contribution is 2.51. The maximum Gasteiger partial charge on any atom is 0.353 e. The van der Waals surface area contributed by atoms with Crippen molar-refractivity contribution in [2.75, 3.05) is 38.6 Å². The molecule has 1 aromatic heterocycles. The Morgan fingerprint density at radius 3 is 2.73 bits per heavy atom. The fraction of sp³-hybridized carbons (Fsp3) is 0.708. The van der Waals surface area contributed by atoms with Crippen molar-refractivity contribution in [2.24, 2.45) is 17.6 Å². The number of carbonyl (C=O) groups excluding carboxylic acids is 3. The van der Waals surface area contributed by atoms with Gasteiger partial charge >= 0.3 is 5.97 Å². The van der Waals surface area contributed by atoms with E-state index in [-0.39, 0.29) is 59.3 Å². The van der Waals surface area contributed by atoms with Gasteiger partial charge in [-0.25, -0.2) is 9.48 Å². The Labute approximate surface area is 235 Å². The Hall–Kier alpha value is -3.24. The third-order valence-corrected chi connectivity index (χ3v) is 9.66. The number of nitrogens with one attached hydrogen (secondary N) is 2. The molecule has 16 heteroatoms. The van der Waals surface area contributed by atoms with E-state index < -0.39 is 17.9 Å². The smallest absolute Gasteiger partial charge is 0.353 e. The molecule has 4 aliphatic heterocycles. The van der Waals surface area contributed by atoms with Crippen molar-refractivity contribution in [1.29, 1.82) is 0 Å². The lowest BCUT2D eigenvalue weighted by Gasteiger charge is -2.47. The van der Waals surface area contributed by atoms with Gasteiger partial charge in [-0.2, -0.15) is 0 Å². The number of thioether (sulfide) groups is 1. The van der Waals surface area contributed by atoms with Crippen LogP contribution in [0.4, 0.5) is 5.95 Å². The fourth-order valence-corrected chi connectivity index (χ4v) is 7.69. The predicted octanol–water partition coefficient (Wildman–Crippen LogP) is -1.96. The van der Waals surface area contributed by atoms with Crippen molar-refractivity contribution in [3.05, 3.63) is 10.6 Å². The summed E-state index contributed by atoms with van der Waals surface area (Å²) < 4.78 is 1.36. The van der Waals surface area contributed by atoms with Crippen LogP contribution < -0.4 is 21.3 Å². The zero-order valence-corrected chi connectivity index (χ0v) is 23.8. The summed E-state index contributed by atoms with van der Waals surface area (Å²) in [7, 11) is 3.52. The molecule has 0 unspecified atom stereocenters. The quantitative estimate of drug-likeness (QED) is 0.238. The summed E-state index contributed by atoms with van der Waals surface area (Å²) in [5, 5.41) is 27.5. The van der Waals surface area contributed by atoms with Gasteiger partial charge in [0.05, 0.1) is 18.0 Å². The third kappa shape index (κ3) is 5.03. The number of nitrogens with two attached hydrogens (primary N) is 1. The average Bonchev–Trinajstić information content (AvgIpc) is 3.67. The van der Waals surface area contributed by atoms with Gasteiger partial charge in [-0.05, 0) is 30.2 Å². The molecule has 40 heavy (non-hydrogen) atoms. The van der Waals surface area contributed by atoms with Gasteiger partial charge in [0.2, 0.25) is 23.7 Å². The summed E-state index contributed by atoms with van der Waals surface area (Å²) in [6.45, 7) is 5.33. The van der Waals surface area contributed by atoms with Gasteiger partial charge in [-0.15, -0.1) is 11.8 Å². The first-order chi connectivity index (χ1) is 19.0. The van der Waals surface area contributed by atoms with E-state index in [2.05, 4.69) is 26.2 Å². The first-order valence-corrected chi connectivity index (χ1v) is 14.3. The number of fused-ring (bicyclic) bond motifs is 1.